The summed E-state index contributed by atoms with van der Waals surface area (Å²) in [4.78, 5) is 16.9. The number of amides is 1. The third-order valence-electron chi connectivity index (χ3n) is 12.0. The third kappa shape index (κ3) is 15.0. The highest BCUT2D eigenvalue weighted by Crippen LogP contribution is 2.65. The van der Waals surface area contributed by atoms with Gasteiger partial charge in [-0.25, -0.2) is 0 Å². The minimum atomic E-state index is -0.323. The van der Waals surface area contributed by atoms with E-state index in [2.05, 4.69) is 154 Å². The number of likely N-dealkylation sites (tertiary alicyclic amines) is 1. The second-order valence-corrected chi connectivity index (χ2v) is 18.1. The van der Waals surface area contributed by atoms with Gasteiger partial charge < -0.3 is 26.2 Å². The van der Waals surface area contributed by atoms with Crippen molar-refractivity contribution in [1.29, 1.82) is 0 Å². The number of allylic oxidation sites excluding steroid dienone is 6. The smallest absolute Gasteiger partial charge is 0.243 e. The van der Waals surface area contributed by atoms with Gasteiger partial charge in [-0.15, -0.1) is 6.58 Å². The molecule has 1 aliphatic heterocycles. The Hall–Kier alpha value is -3.67. The van der Waals surface area contributed by atoms with Crippen molar-refractivity contribution in [2.45, 2.75) is 152 Å². The van der Waals surface area contributed by atoms with E-state index in [0.717, 1.165) is 98.4 Å². The summed E-state index contributed by atoms with van der Waals surface area (Å²) in [7, 11) is 0. The van der Waals surface area contributed by atoms with Gasteiger partial charge in [0, 0.05) is 30.5 Å². The normalized spacial score (nSPS) is 20.8. The average Bonchev–Trinajstić information content (AvgIpc) is 3.42. The van der Waals surface area contributed by atoms with E-state index in [1.54, 1.807) is 0 Å². The number of hydrogen-bond acceptors (Lipinski definition) is 5. The molecule has 316 valence electrons. The maximum atomic E-state index is 14.6. The van der Waals surface area contributed by atoms with Crippen molar-refractivity contribution in [1.82, 2.24) is 26.2 Å². The third-order valence-corrected chi connectivity index (χ3v) is 12.0. The Bertz CT molecular complexity index is 1410. The van der Waals surface area contributed by atoms with E-state index in [-0.39, 0.29) is 52.7 Å². The summed E-state index contributed by atoms with van der Waals surface area (Å²) in [6.45, 7) is 59.7. The van der Waals surface area contributed by atoms with Gasteiger partial charge in [0.2, 0.25) is 5.91 Å². The van der Waals surface area contributed by atoms with Gasteiger partial charge in [0.1, 0.15) is 6.04 Å². The van der Waals surface area contributed by atoms with Gasteiger partial charge in [-0.1, -0.05) is 150 Å². The van der Waals surface area contributed by atoms with Crippen LogP contribution in [0, 0.1) is 34.5 Å². The molecule has 0 aromatic rings. The van der Waals surface area contributed by atoms with Gasteiger partial charge in [0.25, 0.3) is 0 Å². The zero-order chi connectivity index (χ0) is 43.0. The molecule has 0 spiro atoms. The Kier molecular flexibility index (Phi) is 21.2. The number of carbonyl (C=O) groups is 1. The number of carbonyl (C=O) groups excluding carboxylic acids is 1. The molecular formula is C50H85N5O. The lowest BCUT2D eigenvalue weighted by Crippen LogP contribution is -2.54. The number of hydrogen-bond donors (Lipinski definition) is 4. The monoisotopic (exact) mass is 772 g/mol. The predicted octanol–water partition coefficient (Wildman–Crippen LogP) is 11.5. The molecule has 2 rings (SSSR count). The molecule has 6 nitrogen and oxygen atoms in total. The maximum absolute atomic E-state index is 14.6. The zero-order valence-electron chi connectivity index (χ0n) is 38.0. The van der Waals surface area contributed by atoms with Crippen LogP contribution in [0.2, 0.25) is 0 Å². The van der Waals surface area contributed by atoms with Gasteiger partial charge in [-0.05, 0) is 99.4 Å². The highest BCUT2D eigenvalue weighted by molar-refractivity contribution is 5.84. The minimum Gasteiger partial charge on any atom is -0.389 e. The van der Waals surface area contributed by atoms with Crippen LogP contribution in [0.5, 0.6) is 0 Å². The van der Waals surface area contributed by atoms with Crippen LogP contribution in [0.4, 0.5) is 0 Å². The molecule has 56 heavy (non-hydrogen) atoms. The van der Waals surface area contributed by atoms with E-state index in [1.807, 2.05) is 19.1 Å². The Morgan fingerprint density at radius 1 is 0.982 bits per heavy atom. The van der Waals surface area contributed by atoms with E-state index < -0.39 is 0 Å². The van der Waals surface area contributed by atoms with Gasteiger partial charge in [0.05, 0.1) is 17.9 Å². The van der Waals surface area contributed by atoms with Crippen LogP contribution in [0.3, 0.4) is 0 Å². The predicted molar refractivity (Wildman–Crippen MR) is 247 cm³/mol. The van der Waals surface area contributed by atoms with Crippen LogP contribution >= 0.6 is 0 Å². The van der Waals surface area contributed by atoms with E-state index in [1.165, 1.54) is 0 Å². The first-order valence-corrected chi connectivity index (χ1v) is 21.4. The van der Waals surface area contributed by atoms with Gasteiger partial charge in [-0.2, -0.15) is 0 Å². The van der Waals surface area contributed by atoms with Crippen molar-refractivity contribution in [3.05, 3.63) is 111 Å². The Morgan fingerprint density at radius 3 is 2.11 bits per heavy atom. The van der Waals surface area contributed by atoms with Crippen molar-refractivity contribution >= 4 is 5.91 Å². The minimum absolute atomic E-state index is 0.0201. The number of nitrogens with zero attached hydrogens (tertiary/aromatic N) is 1. The van der Waals surface area contributed by atoms with Crippen molar-refractivity contribution in [3.8, 4) is 0 Å². The molecule has 1 amide bonds. The summed E-state index contributed by atoms with van der Waals surface area (Å²) in [5.74, 6) is 1.94. The summed E-state index contributed by atoms with van der Waals surface area (Å²) < 4.78 is 0. The molecule has 6 unspecified atom stereocenters. The number of piperidine rings is 1. The molecular weight excluding hydrogens is 687 g/mol. The number of nitrogens with one attached hydrogen (secondary N) is 4. The fraction of sp³-hybridized carbons (Fsp3) is 0.620. The van der Waals surface area contributed by atoms with E-state index in [4.69, 9.17) is 6.58 Å². The molecule has 0 aromatic heterocycles. The lowest BCUT2D eigenvalue weighted by molar-refractivity contribution is -0.126. The maximum Gasteiger partial charge on any atom is 0.243 e. The van der Waals surface area contributed by atoms with Crippen molar-refractivity contribution in [2.24, 2.45) is 34.5 Å². The molecule has 2 fully saturated rings. The SMILES string of the molecule is C=CC(=C)CC(CC(C)/C=C\C)C(NC(=C)NC(CCC(=C)NCC)C(C)(C)C)C(=C)N1C[C@H]2[C@@H](C1C(=O)NC(CCCC)C(=C)C(=C)C)C2(C)C.C=CCC. The Balaban J connectivity index is 0.00000373. The van der Waals surface area contributed by atoms with Crippen molar-refractivity contribution in [2.75, 3.05) is 13.1 Å². The van der Waals surface area contributed by atoms with E-state index >= 15 is 0 Å². The number of unbranched alkanes of at least 4 members (excludes halogenated alkanes) is 1. The first-order chi connectivity index (χ1) is 26.2. The van der Waals surface area contributed by atoms with Gasteiger partial charge in [0.15, 0.2) is 0 Å². The average molecular weight is 772 g/mol. The Labute approximate surface area is 346 Å². The lowest BCUT2D eigenvalue weighted by Gasteiger charge is -2.42. The molecule has 8 atom stereocenters. The highest BCUT2D eigenvalue weighted by Gasteiger charge is 2.69. The molecule has 0 radical (unpaired) electrons. The fourth-order valence-corrected chi connectivity index (χ4v) is 8.29. The molecule has 1 saturated carbocycles. The first-order valence-electron chi connectivity index (χ1n) is 21.4. The van der Waals surface area contributed by atoms with E-state index in [0.29, 0.717) is 11.8 Å². The quantitative estimate of drug-likeness (QED) is 0.0521. The van der Waals surface area contributed by atoms with Crippen LogP contribution < -0.4 is 21.3 Å². The molecule has 1 aliphatic carbocycles. The van der Waals surface area contributed by atoms with Gasteiger partial charge in [-0.3, -0.25) is 4.79 Å². The van der Waals surface area contributed by atoms with Crippen molar-refractivity contribution in [3.63, 3.8) is 0 Å². The second-order valence-electron chi connectivity index (χ2n) is 18.1. The lowest BCUT2D eigenvalue weighted by atomic mass is 9.82. The highest BCUT2D eigenvalue weighted by atomic mass is 16.2. The summed E-state index contributed by atoms with van der Waals surface area (Å²) in [6, 6.07) is -0.502. The standard InChI is InChI=1S/C46H77N5O.C4H8/c1-18-22-24-39(34(10)30(5)6)50-44(52)43-41-38(46(41,16)17)29-51(43)35(11)42(37(27-31(7)20-3)28-32(8)23-19-2)49-36(12)48-40(45(13,14)15)26-25-33(9)47-21-4;1-3-4-2/h19-20,23,32,37-43,47-49H,3,5,7,9-12,18,21-22,24-29H2,1-2,4,6,8,13-17H3,(H,50,52);3H,1,4H2,2H3/b23-19-;/t32?,37?,38-,39?,40?,41-,42?,43?;/m0./s1. The molecule has 2 aliphatic rings. The molecule has 1 heterocycles. The molecule has 6 heteroatoms. The molecule has 0 aromatic carbocycles. The van der Waals surface area contributed by atoms with Crippen molar-refractivity contribution < 1.29 is 4.79 Å². The molecule has 0 bridgehead atoms. The van der Waals surface area contributed by atoms with Gasteiger partial charge >= 0.3 is 0 Å². The van der Waals surface area contributed by atoms with Crippen LogP contribution in [0.1, 0.15) is 128 Å². The second kappa shape index (κ2) is 23.5. The summed E-state index contributed by atoms with van der Waals surface area (Å²) in [6.07, 6.45) is 15.6. The number of rotatable bonds is 26. The van der Waals surface area contributed by atoms with Crippen LogP contribution in [-0.2, 0) is 4.79 Å². The van der Waals surface area contributed by atoms with Crippen LogP contribution in [0.25, 0.3) is 0 Å². The summed E-state index contributed by atoms with van der Waals surface area (Å²) in [5.41, 5.74) is 4.85. The first kappa shape index (κ1) is 50.3. The largest absolute Gasteiger partial charge is 0.389 e. The zero-order valence-corrected chi connectivity index (χ0v) is 38.0. The molecule has 4 N–H and O–H groups in total. The molecule has 1 saturated heterocycles. The topological polar surface area (TPSA) is 68.4 Å². The number of fused-ring (bicyclic) bond motifs is 1. The van der Waals surface area contributed by atoms with E-state index in [9.17, 15) is 4.79 Å². The Morgan fingerprint density at radius 2 is 1.61 bits per heavy atom. The summed E-state index contributed by atoms with van der Waals surface area (Å²) in [5, 5.41) is 14.4. The fourth-order valence-electron chi connectivity index (χ4n) is 8.29. The van der Waals surface area contributed by atoms with Crippen LogP contribution in [-0.4, -0.2) is 48.1 Å². The summed E-state index contributed by atoms with van der Waals surface area (Å²) >= 11 is 0. The van der Waals surface area contributed by atoms with Crippen LogP contribution in [0.15, 0.2) is 111 Å².